The second-order valence-corrected chi connectivity index (χ2v) is 10.8. The third-order valence-corrected chi connectivity index (χ3v) is 8.17. The third-order valence-electron chi connectivity index (χ3n) is 7.23. The number of aromatic nitrogens is 2. The van der Waals surface area contributed by atoms with E-state index in [4.69, 9.17) is 4.74 Å². The van der Waals surface area contributed by atoms with Crippen molar-refractivity contribution < 1.29 is 19.1 Å². The lowest BCUT2D eigenvalue weighted by Crippen LogP contribution is -2.61. The summed E-state index contributed by atoms with van der Waals surface area (Å²) in [6, 6.07) is 14.6. The Labute approximate surface area is 237 Å². The van der Waals surface area contributed by atoms with Gasteiger partial charge in [0.15, 0.2) is 0 Å². The zero-order chi connectivity index (χ0) is 27.9. The number of piperazine rings is 1. The number of rotatable bonds is 12. The predicted molar refractivity (Wildman–Crippen MR) is 154 cm³/mol. The lowest BCUT2D eigenvalue weighted by atomic mass is 10.0. The van der Waals surface area contributed by atoms with E-state index in [2.05, 4.69) is 15.3 Å². The topological polar surface area (TPSA) is 108 Å². The molecular formula is C30H33N5O4S. The molecule has 4 heterocycles. The molecule has 0 spiro atoms. The van der Waals surface area contributed by atoms with Crippen molar-refractivity contribution in [3.05, 3.63) is 82.4 Å². The van der Waals surface area contributed by atoms with E-state index in [9.17, 15) is 14.4 Å². The minimum Gasteiger partial charge on any atom is -0.497 e. The molecule has 5 rings (SSSR count). The first-order valence-electron chi connectivity index (χ1n) is 13.4. The Morgan fingerprint density at radius 3 is 2.80 bits per heavy atom. The van der Waals surface area contributed by atoms with Crippen LogP contribution in [0.1, 0.15) is 22.6 Å². The Bertz CT molecular complexity index is 1450. The van der Waals surface area contributed by atoms with Crippen LogP contribution < -0.4 is 10.1 Å². The number of methoxy groups -OCH3 is 1. The van der Waals surface area contributed by atoms with E-state index in [1.807, 2.05) is 60.1 Å². The van der Waals surface area contributed by atoms with Gasteiger partial charge in [-0.25, -0.2) is 0 Å². The fourth-order valence-electron chi connectivity index (χ4n) is 5.07. The van der Waals surface area contributed by atoms with Crippen molar-refractivity contribution in [3.8, 4) is 5.75 Å². The summed E-state index contributed by atoms with van der Waals surface area (Å²) in [7, 11) is 1.63. The average molecular weight is 560 g/mol. The molecule has 1 fully saturated rings. The van der Waals surface area contributed by atoms with Crippen molar-refractivity contribution in [1.29, 1.82) is 0 Å². The number of carbonyl (C=O) groups excluding carboxylic acids is 3. The molecule has 0 bridgehead atoms. The molecule has 208 valence electrons. The quantitative estimate of drug-likeness (QED) is 0.277. The molecule has 1 atom stereocenters. The predicted octanol–water partition coefficient (Wildman–Crippen LogP) is 3.21. The van der Waals surface area contributed by atoms with Crippen molar-refractivity contribution in [1.82, 2.24) is 25.1 Å². The fraction of sp³-hybridized carbons (Fsp3) is 0.333. The molecule has 10 heteroatoms. The van der Waals surface area contributed by atoms with Crippen LogP contribution in [0.15, 0.2) is 66.3 Å². The number of nitrogens with zero attached hydrogens (tertiary/aromatic N) is 3. The van der Waals surface area contributed by atoms with Crippen LogP contribution in [-0.2, 0) is 33.6 Å². The molecule has 0 aliphatic carbocycles. The van der Waals surface area contributed by atoms with Crippen molar-refractivity contribution in [2.45, 2.75) is 31.7 Å². The molecule has 4 aromatic rings. The van der Waals surface area contributed by atoms with Gasteiger partial charge in [0.1, 0.15) is 11.8 Å². The van der Waals surface area contributed by atoms with Crippen LogP contribution in [0.4, 0.5) is 0 Å². The molecule has 1 aliphatic heterocycles. The zero-order valence-corrected chi connectivity index (χ0v) is 23.3. The number of pyridine rings is 1. The highest BCUT2D eigenvalue weighted by molar-refractivity contribution is 7.09. The molecule has 0 radical (unpaired) electrons. The summed E-state index contributed by atoms with van der Waals surface area (Å²) in [5.74, 6) is 0.188. The normalized spacial score (nSPS) is 15.6. The molecule has 3 amide bonds. The third kappa shape index (κ3) is 6.51. The first-order valence-corrected chi connectivity index (χ1v) is 14.3. The summed E-state index contributed by atoms with van der Waals surface area (Å²) in [6.45, 7) is 1.20. The Morgan fingerprint density at radius 1 is 1.12 bits per heavy atom. The van der Waals surface area contributed by atoms with Crippen LogP contribution >= 0.6 is 11.3 Å². The second kappa shape index (κ2) is 12.8. The summed E-state index contributed by atoms with van der Waals surface area (Å²) in [4.78, 5) is 51.7. The Hall–Kier alpha value is -4.18. The number of nitrogens with one attached hydrogen (secondary N) is 2. The maximum absolute atomic E-state index is 13.6. The van der Waals surface area contributed by atoms with Crippen molar-refractivity contribution >= 4 is 40.0 Å². The highest BCUT2D eigenvalue weighted by Gasteiger charge is 2.40. The molecular weight excluding hydrogens is 526 g/mol. The fourth-order valence-corrected chi connectivity index (χ4v) is 5.77. The van der Waals surface area contributed by atoms with Gasteiger partial charge in [0.2, 0.25) is 17.7 Å². The summed E-state index contributed by atoms with van der Waals surface area (Å²) in [5, 5.41) is 6.00. The number of H-pyrrole nitrogens is 1. The Morgan fingerprint density at radius 2 is 2.02 bits per heavy atom. The van der Waals surface area contributed by atoms with Gasteiger partial charge in [-0.3, -0.25) is 19.4 Å². The maximum Gasteiger partial charge on any atom is 0.246 e. The van der Waals surface area contributed by atoms with Crippen LogP contribution in [0.2, 0.25) is 0 Å². The van der Waals surface area contributed by atoms with Crippen molar-refractivity contribution in [3.63, 3.8) is 0 Å². The van der Waals surface area contributed by atoms with Gasteiger partial charge in [0.25, 0.3) is 0 Å². The lowest BCUT2D eigenvalue weighted by molar-refractivity contribution is -0.157. The number of fused-ring (bicyclic) bond motifs is 1. The van der Waals surface area contributed by atoms with E-state index >= 15 is 0 Å². The van der Waals surface area contributed by atoms with Gasteiger partial charge in [0, 0.05) is 59.9 Å². The van der Waals surface area contributed by atoms with Gasteiger partial charge in [0.05, 0.1) is 20.1 Å². The molecule has 1 aliphatic rings. The smallest absolute Gasteiger partial charge is 0.246 e. The number of hydrogen-bond donors (Lipinski definition) is 2. The zero-order valence-electron chi connectivity index (χ0n) is 22.5. The first-order chi connectivity index (χ1) is 19.5. The summed E-state index contributed by atoms with van der Waals surface area (Å²) in [5.41, 5.74) is 2.92. The summed E-state index contributed by atoms with van der Waals surface area (Å²) < 4.78 is 5.34. The molecule has 9 nitrogen and oxygen atoms in total. The number of aromatic amines is 1. The van der Waals surface area contributed by atoms with Crippen LogP contribution in [0.3, 0.4) is 0 Å². The standard InChI is InChI=1S/C30H33N5O4S/c1-39-23-7-8-26-25(17-23)21(19-33-26)9-13-32-28(36)18-27-30(38)34(14-10-22-5-2-3-12-31-22)20-29(37)35(27)15-11-24-6-4-16-40-24/h2-8,12,16-17,19,27,33H,9-11,13-15,18,20H2,1H3,(H,32,36). The highest BCUT2D eigenvalue weighted by Crippen LogP contribution is 2.24. The number of carbonyl (C=O) groups is 3. The Balaban J connectivity index is 1.23. The minimum absolute atomic E-state index is 0.0122. The van der Waals surface area contributed by atoms with Gasteiger partial charge in [-0.1, -0.05) is 12.1 Å². The molecule has 2 N–H and O–H groups in total. The SMILES string of the molecule is COc1ccc2[nH]cc(CCNC(=O)CC3C(=O)N(CCc4ccccn4)CC(=O)N3CCc3cccs3)c2c1. The van der Waals surface area contributed by atoms with E-state index < -0.39 is 6.04 Å². The highest BCUT2D eigenvalue weighted by atomic mass is 32.1. The van der Waals surface area contributed by atoms with Gasteiger partial charge in [-0.15, -0.1) is 11.3 Å². The van der Waals surface area contributed by atoms with Gasteiger partial charge in [-0.05, 0) is 60.2 Å². The number of ether oxygens (including phenoxy) is 1. The first kappa shape index (κ1) is 27.4. The molecule has 1 unspecified atom stereocenters. The number of thiophene rings is 1. The van der Waals surface area contributed by atoms with Crippen LogP contribution in [0, 0.1) is 0 Å². The largest absolute Gasteiger partial charge is 0.497 e. The second-order valence-electron chi connectivity index (χ2n) is 9.79. The Kier molecular flexibility index (Phi) is 8.75. The number of amides is 3. The molecule has 1 saturated heterocycles. The summed E-state index contributed by atoms with van der Waals surface area (Å²) in [6.07, 6.45) is 5.39. The van der Waals surface area contributed by atoms with Crippen molar-refractivity contribution in [2.75, 3.05) is 33.3 Å². The molecule has 0 saturated carbocycles. The average Bonchev–Trinajstić information content (AvgIpc) is 3.64. The van der Waals surface area contributed by atoms with Gasteiger partial charge >= 0.3 is 0 Å². The summed E-state index contributed by atoms with van der Waals surface area (Å²) >= 11 is 1.62. The van der Waals surface area contributed by atoms with E-state index in [0.29, 0.717) is 38.9 Å². The molecule has 3 aromatic heterocycles. The van der Waals surface area contributed by atoms with Crippen LogP contribution in [-0.4, -0.2) is 76.8 Å². The maximum atomic E-state index is 13.6. The number of benzene rings is 1. The molecule has 1 aromatic carbocycles. The minimum atomic E-state index is -0.831. The van der Waals surface area contributed by atoms with Crippen molar-refractivity contribution in [2.24, 2.45) is 0 Å². The van der Waals surface area contributed by atoms with E-state index in [-0.39, 0.29) is 30.7 Å². The van der Waals surface area contributed by atoms with E-state index in [1.54, 1.807) is 34.4 Å². The van der Waals surface area contributed by atoms with E-state index in [1.165, 1.54) is 0 Å². The lowest BCUT2D eigenvalue weighted by Gasteiger charge is -2.40. The van der Waals surface area contributed by atoms with Crippen LogP contribution in [0.5, 0.6) is 5.75 Å². The van der Waals surface area contributed by atoms with Gasteiger partial charge < -0.3 is 24.8 Å². The van der Waals surface area contributed by atoms with Crippen LogP contribution in [0.25, 0.3) is 10.9 Å². The van der Waals surface area contributed by atoms with Gasteiger partial charge in [-0.2, -0.15) is 0 Å². The number of hydrogen-bond acceptors (Lipinski definition) is 6. The van der Waals surface area contributed by atoms with E-state index in [0.717, 1.165) is 32.8 Å². The monoisotopic (exact) mass is 559 g/mol. The molecule has 40 heavy (non-hydrogen) atoms.